The highest BCUT2D eigenvalue weighted by Crippen LogP contribution is 2.22. The summed E-state index contributed by atoms with van der Waals surface area (Å²) in [6.45, 7) is 3.35. The number of rotatable bonds is 5. The Bertz CT molecular complexity index is 717. The fourth-order valence-electron chi connectivity index (χ4n) is 1.95. The average Bonchev–Trinajstić information content (AvgIpc) is 2.49. The van der Waals surface area contributed by atoms with Crippen molar-refractivity contribution in [1.82, 2.24) is 0 Å². The van der Waals surface area contributed by atoms with Gasteiger partial charge in [0.15, 0.2) is 0 Å². The molecule has 0 atom stereocenters. The molecule has 0 aliphatic carbocycles. The Hall–Kier alpha value is -1.79. The fourth-order valence-corrected chi connectivity index (χ4v) is 2.91. The van der Waals surface area contributed by atoms with Gasteiger partial charge in [-0.05, 0) is 55.0 Å². The second-order valence-corrected chi connectivity index (χ2v) is 6.97. The Kier molecular flexibility index (Phi) is 6.24. The van der Waals surface area contributed by atoms with E-state index in [-0.39, 0.29) is 11.8 Å². The van der Waals surface area contributed by atoms with Crippen molar-refractivity contribution >= 4 is 50.9 Å². The summed E-state index contributed by atoms with van der Waals surface area (Å²) in [4.78, 5) is 24.1. The molecule has 6 heteroatoms. The van der Waals surface area contributed by atoms with Crippen LogP contribution in [0.3, 0.4) is 0 Å². The number of benzene rings is 2. The molecule has 0 saturated carbocycles. The molecular weight excluding hydrogens is 376 g/mol. The molecule has 2 aromatic carbocycles. The summed E-state index contributed by atoms with van der Waals surface area (Å²) in [6, 6.07) is 13.2. The molecule has 0 aliphatic heterocycles. The molecule has 2 amide bonds. The first-order valence-corrected chi connectivity index (χ1v) is 8.78. The summed E-state index contributed by atoms with van der Waals surface area (Å²) in [5.41, 5.74) is 2.37. The van der Waals surface area contributed by atoms with Gasteiger partial charge in [-0.1, -0.05) is 15.9 Å². The van der Waals surface area contributed by atoms with Crippen LogP contribution < -0.4 is 10.6 Å². The highest BCUT2D eigenvalue weighted by Gasteiger charge is 2.06. The van der Waals surface area contributed by atoms with Gasteiger partial charge in [0.1, 0.15) is 0 Å². The summed E-state index contributed by atoms with van der Waals surface area (Å²) >= 11 is 4.86. The summed E-state index contributed by atoms with van der Waals surface area (Å²) in [6.07, 6.45) is 0. The highest BCUT2D eigenvalue weighted by atomic mass is 79.9. The van der Waals surface area contributed by atoms with Crippen LogP contribution >= 0.6 is 27.7 Å². The third kappa shape index (κ3) is 5.73. The molecule has 23 heavy (non-hydrogen) atoms. The molecule has 0 spiro atoms. The average molecular weight is 393 g/mol. The maximum atomic E-state index is 12.0. The Morgan fingerprint density at radius 1 is 1.09 bits per heavy atom. The van der Waals surface area contributed by atoms with Crippen molar-refractivity contribution in [3.63, 3.8) is 0 Å². The lowest BCUT2D eigenvalue weighted by molar-refractivity contribution is -0.114. The minimum absolute atomic E-state index is 0.0652. The van der Waals surface area contributed by atoms with Gasteiger partial charge in [0.05, 0.1) is 5.75 Å². The quantitative estimate of drug-likeness (QED) is 0.739. The number of hydrogen-bond acceptors (Lipinski definition) is 3. The van der Waals surface area contributed by atoms with Gasteiger partial charge < -0.3 is 10.6 Å². The summed E-state index contributed by atoms with van der Waals surface area (Å²) in [5.74, 6) is 0.161. The largest absolute Gasteiger partial charge is 0.326 e. The van der Waals surface area contributed by atoms with Crippen molar-refractivity contribution in [2.45, 2.75) is 18.7 Å². The molecule has 0 aliphatic rings. The molecule has 4 nitrogen and oxygen atoms in total. The van der Waals surface area contributed by atoms with Crippen molar-refractivity contribution in [3.8, 4) is 0 Å². The predicted octanol–water partition coefficient (Wildman–Crippen LogP) is 4.45. The van der Waals surface area contributed by atoms with Crippen molar-refractivity contribution in [2.24, 2.45) is 0 Å². The Balaban J connectivity index is 1.91. The number of hydrogen-bond donors (Lipinski definition) is 2. The van der Waals surface area contributed by atoms with Gasteiger partial charge in [0, 0.05) is 27.7 Å². The van der Waals surface area contributed by atoms with Gasteiger partial charge >= 0.3 is 0 Å². The predicted molar refractivity (Wildman–Crippen MR) is 99.0 cm³/mol. The van der Waals surface area contributed by atoms with Crippen LogP contribution in [0.5, 0.6) is 0 Å². The normalized spacial score (nSPS) is 10.2. The van der Waals surface area contributed by atoms with Crippen LogP contribution in [0.15, 0.2) is 51.8 Å². The molecule has 120 valence electrons. The lowest BCUT2D eigenvalue weighted by Gasteiger charge is -2.10. The molecular formula is C17H17BrN2O2S. The number of halogens is 1. The molecule has 0 unspecified atom stereocenters. The van der Waals surface area contributed by atoms with Gasteiger partial charge in [-0.25, -0.2) is 0 Å². The van der Waals surface area contributed by atoms with E-state index in [0.29, 0.717) is 5.75 Å². The molecule has 2 N–H and O–H groups in total. The maximum absolute atomic E-state index is 12.0. The third-order valence-electron chi connectivity index (χ3n) is 3.00. The zero-order chi connectivity index (χ0) is 16.8. The number of nitrogens with one attached hydrogen (secondary N) is 2. The van der Waals surface area contributed by atoms with E-state index >= 15 is 0 Å². The van der Waals surface area contributed by atoms with Crippen molar-refractivity contribution in [2.75, 3.05) is 16.4 Å². The number of aryl methyl sites for hydroxylation is 1. The van der Waals surface area contributed by atoms with E-state index < -0.39 is 0 Å². The summed E-state index contributed by atoms with van der Waals surface area (Å²) in [5, 5.41) is 5.61. The fraction of sp³-hybridized carbons (Fsp3) is 0.176. The summed E-state index contributed by atoms with van der Waals surface area (Å²) < 4.78 is 1.01. The Morgan fingerprint density at radius 2 is 1.78 bits per heavy atom. The molecule has 0 saturated heterocycles. The Morgan fingerprint density at radius 3 is 2.39 bits per heavy atom. The lowest BCUT2D eigenvalue weighted by atomic mass is 10.1. The molecule has 2 aromatic rings. The number of amides is 2. The van der Waals surface area contributed by atoms with Crippen molar-refractivity contribution < 1.29 is 9.59 Å². The number of anilines is 2. The number of thioether (sulfide) groups is 1. The molecule has 0 bridgehead atoms. The van der Waals surface area contributed by atoms with E-state index in [1.54, 1.807) is 12.1 Å². The second-order valence-electron chi connectivity index (χ2n) is 5.00. The van der Waals surface area contributed by atoms with E-state index in [4.69, 9.17) is 0 Å². The van der Waals surface area contributed by atoms with E-state index in [9.17, 15) is 9.59 Å². The summed E-state index contributed by atoms with van der Waals surface area (Å²) in [7, 11) is 0. The topological polar surface area (TPSA) is 58.2 Å². The third-order valence-corrected chi connectivity index (χ3v) is 4.55. The van der Waals surface area contributed by atoms with Crippen LogP contribution in [0.2, 0.25) is 0 Å². The molecule has 0 aromatic heterocycles. The van der Waals surface area contributed by atoms with Crippen LogP contribution in [-0.2, 0) is 9.59 Å². The molecule has 0 fully saturated rings. The monoisotopic (exact) mass is 392 g/mol. The van der Waals surface area contributed by atoms with E-state index in [0.717, 1.165) is 26.3 Å². The first-order valence-electron chi connectivity index (χ1n) is 7.00. The van der Waals surface area contributed by atoms with E-state index in [2.05, 4.69) is 26.6 Å². The van der Waals surface area contributed by atoms with Gasteiger partial charge in [-0.2, -0.15) is 0 Å². The van der Waals surface area contributed by atoms with E-state index in [1.807, 2.05) is 37.3 Å². The van der Waals surface area contributed by atoms with Gasteiger partial charge in [-0.15, -0.1) is 11.8 Å². The Labute approximate surface area is 148 Å². The van der Waals surface area contributed by atoms with Crippen molar-refractivity contribution in [3.05, 3.63) is 52.5 Å². The second kappa shape index (κ2) is 8.17. The first-order chi connectivity index (χ1) is 10.9. The minimum Gasteiger partial charge on any atom is -0.326 e. The number of carbonyl (C=O) groups excluding carboxylic acids is 2. The van der Waals surface area contributed by atoms with Gasteiger partial charge in [0.2, 0.25) is 11.8 Å². The SMILES string of the molecule is CC(=O)Nc1ccc(NC(=O)CSc2ccc(Br)cc2)cc1C. The smallest absolute Gasteiger partial charge is 0.234 e. The first kappa shape index (κ1) is 17.6. The zero-order valence-electron chi connectivity index (χ0n) is 12.9. The van der Waals surface area contributed by atoms with Crippen molar-refractivity contribution in [1.29, 1.82) is 0 Å². The van der Waals surface area contributed by atoms with Crippen LogP contribution in [0.4, 0.5) is 11.4 Å². The van der Waals surface area contributed by atoms with Gasteiger partial charge in [-0.3, -0.25) is 9.59 Å². The van der Waals surface area contributed by atoms with Crippen LogP contribution in [0, 0.1) is 6.92 Å². The van der Waals surface area contributed by atoms with Crippen LogP contribution in [0.25, 0.3) is 0 Å². The number of carbonyl (C=O) groups is 2. The molecule has 0 radical (unpaired) electrons. The van der Waals surface area contributed by atoms with Crippen LogP contribution in [0.1, 0.15) is 12.5 Å². The zero-order valence-corrected chi connectivity index (χ0v) is 15.3. The molecule has 0 heterocycles. The highest BCUT2D eigenvalue weighted by molar-refractivity contribution is 9.10. The molecule has 2 rings (SSSR count). The maximum Gasteiger partial charge on any atom is 0.234 e. The van der Waals surface area contributed by atoms with Gasteiger partial charge in [0.25, 0.3) is 0 Å². The minimum atomic E-state index is -0.115. The standard InChI is InChI=1S/C17H17BrN2O2S/c1-11-9-14(5-8-16(11)19-12(2)21)20-17(22)10-23-15-6-3-13(18)4-7-15/h3-9H,10H2,1-2H3,(H,19,21)(H,20,22). The lowest BCUT2D eigenvalue weighted by Crippen LogP contribution is -2.14. The van der Waals surface area contributed by atoms with E-state index in [1.165, 1.54) is 18.7 Å². The van der Waals surface area contributed by atoms with Crippen LogP contribution in [-0.4, -0.2) is 17.6 Å².